The first kappa shape index (κ1) is 16.3. The van der Waals surface area contributed by atoms with E-state index in [0.717, 1.165) is 23.2 Å². The van der Waals surface area contributed by atoms with Gasteiger partial charge in [0, 0.05) is 12.1 Å². The van der Waals surface area contributed by atoms with Crippen molar-refractivity contribution >= 4 is 9.24 Å². The molecule has 0 aromatic heterocycles. The fraction of sp³-hybridized carbons (Fsp3) is 0.529. The van der Waals surface area contributed by atoms with Crippen LogP contribution in [-0.2, 0) is 4.74 Å². The smallest absolute Gasteiger partial charge is 0.195 e. The molecule has 0 bridgehead atoms. The molecular formula is C17H27N2OP. The van der Waals surface area contributed by atoms with Crippen LogP contribution >= 0.6 is 9.24 Å². The molecule has 0 aliphatic carbocycles. The highest BCUT2D eigenvalue weighted by Crippen LogP contribution is 2.27. The Morgan fingerprint density at radius 3 is 2.81 bits per heavy atom. The molecule has 2 aliphatic rings. The van der Waals surface area contributed by atoms with Crippen LogP contribution < -0.4 is 5.32 Å². The van der Waals surface area contributed by atoms with Gasteiger partial charge in [-0.25, -0.2) is 0 Å². The van der Waals surface area contributed by atoms with E-state index in [-0.39, 0.29) is 6.23 Å². The third-order valence-electron chi connectivity index (χ3n) is 4.01. The molecule has 0 saturated carbocycles. The molecule has 0 aromatic rings. The minimum atomic E-state index is -0.140. The number of piperidine rings is 1. The average Bonchev–Trinajstić information content (AvgIpc) is 2.86. The van der Waals surface area contributed by atoms with E-state index in [1.807, 2.05) is 32.1 Å². The van der Waals surface area contributed by atoms with E-state index < -0.39 is 0 Å². The topological polar surface area (TPSA) is 24.5 Å². The Morgan fingerprint density at radius 2 is 2.14 bits per heavy atom. The molecule has 0 spiro atoms. The molecule has 2 rings (SSSR count). The third kappa shape index (κ3) is 4.46. The molecule has 2 aliphatic heterocycles. The zero-order valence-corrected chi connectivity index (χ0v) is 14.3. The Bertz CT molecular complexity index is 473. The van der Waals surface area contributed by atoms with Gasteiger partial charge in [0.05, 0.1) is 5.70 Å². The quantitative estimate of drug-likeness (QED) is 0.621. The van der Waals surface area contributed by atoms with Gasteiger partial charge in [0.2, 0.25) is 0 Å². The summed E-state index contributed by atoms with van der Waals surface area (Å²) < 4.78 is 5.94. The van der Waals surface area contributed by atoms with Crippen molar-refractivity contribution in [2.75, 3.05) is 19.6 Å². The lowest BCUT2D eigenvalue weighted by Gasteiger charge is -2.27. The van der Waals surface area contributed by atoms with Crippen LogP contribution in [0.2, 0.25) is 0 Å². The van der Waals surface area contributed by atoms with Crippen LogP contribution in [0.1, 0.15) is 33.1 Å². The fourth-order valence-corrected chi connectivity index (χ4v) is 2.91. The van der Waals surface area contributed by atoms with Gasteiger partial charge >= 0.3 is 0 Å². The fourth-order valence-electron chi connectivity index (χ4n) is 2.65. The third-order valence-corrected chi connectivity index (χ3v) is 4.57. The van der Waals surface area contributed by atoms with Crippen molar-refractivity contribution in [2.45, 2.75) is 39.3 Å². The lowest BCUT2D eigenvalue weighted by molar-refractivity contribution is 0.162. The van der Waals surface area contributed by atoms with Crippen LogP contribution in [-0.4, -0.2) is 30.8 Å². The van der Waals surface area contributed by atoms with Gasteiger partial charge in [-0.1, -0.05) is 31.2 Å². The minimum absolute atomic E-state index is 0.140. The van der Waals surface area contributed by atoms with Gasteiger partial charge < -0.3 is 10.1 Å². The number of ether oxygens (including phenoxy) is 1. The second-order valence-corrected chi connectivity index (χ2v) is 6.31. The number of allylic oxidation sites excluding steroid dienone is 4. The van der Waals surface area contributed by atoms with E-state index in [0.29, 0.717) is 0 Å². The van der Waals surface area contributed by atoms with Gasteiger partial charge in [0.25, 0.3) is 0 Å². The van der Waals surface area contributed by atoms with Crippen molar-refractivity contribution in [1.29, 1.82) is 0 Å². The molecule has 3 nitrogen and oxygen atoms in total. The first-order valence-electron chi connectivity index (χ1n) is 7.74. The monoisotopic (exact) mass is 306 g/mol. The molecule has 2 heterocycles. The van der Waals surface area contributed by atoms with E-state index in [1.54, 1.807) is 0 Å². The van der Waals surface area contributed by atoms with Gasteiger partial charge in [0.15, 0.2) is 6.23 Å². The van der Waals surface area contributed by atoms with Crippen LogP contribution in [0, 0.1) is 0 Å². The molecule has 1 saturated heterocycles. The average molecular weight is 306 g/mol. The summed E-state index contributed by atoms with van der Waals surface area (Å²) in [5.74, 6) is 0.996. The van der Waals surface area contributed by atoms with Crippen LogP contribution in [0.4, 0.5) is 0 Å². The largest absolute Gasteiger partial charge is 0.469 e. The van der Waals surface area contributed by atoms with Crippen molar-refractivity contribution in [1.82, 2.24) is 10.2 Å². The lowest BCUT2D eigenvalue weighted by Crippen LogP contribution is -2.35. The summed E-state index contributed by atoms with van der Waals surface area (Å²) in [5, 5.41) is 4.55. The predicted octanol–water partition coefficient (Wildman–Crippen LogP) is 3.54. The number of likely N-dealkylation sites (tertiary alicyclic amines) is 1. The molecule has 1 fully saturated rings. The van der Waals surface area contributed by atoms with Crippen LogP contribution in [0.15, 0.2) is 47.2 Å². The van der Waals surface area contributed by atoms with Gasteiger partial charge in [-0.15, -0.1) is 9.24 Å². The molecule has 116 valence electrons. The van der Waals surface area contributed by atoms with Gasteiger partial charge in [0.1, 0.15) is 5.76 Å². The number of nitrogens with one attached hydrogen (secondary N) is 1. The zero-order chi connectivity index (χ0) is 15.2. The van der Waals surface area contributed by atoms with E-state index in [2.05, 4.69) is 26.0 Å². The molecule has 0 aromatic carbocycles. The summed E-state index contributed by atoms with van der Waals surface area (Å²) in [6, 6.07) is 0. The van der Waals surface area contributed by atoms with Gasteiger partial charge in [-0.05, 0) is 45.1 Å². The Labute approximate surface area is 131 Å². The van der Waals surface area contributed by atoms with Crippen LogP contribution in [0.5, 0.6) is 0 Å². The van der Waals surface area contributed by atoms with Crippen molar-refractivity contribution < 1.29 is 4.74 Å². The van der Waals surface area contributed by atoms with Crippen molar-refractivity contribution in [3.05, 3.63) is 47.2 Å². The summed E-state index contributed by atoms with van der Waals surface area (Å²) in [4.78, 5) is 2.50. The first-order valence-corrected chi connectivity index (χ1v) is 8.32. The minimum Gasteiger partial charge on any atom is -0.469 e. The standard InChI is InChI=1S/C17H27N2OP/c1-4-5-9-16(21)13(2)17-18-15(14(3)20-17)12-19-10-7-6-8-11-19/h4-5,9,17-18H,2,6-8,10-12,21H2,1,3H3/b5-4-,16-9+. The molecule has 21 heavy (non-hydrogen) atoms. The Morgan fingerprint density at radius 1 is 1.43 bits per heavy atom. The molecule has 1 N–H and O–H groups in total. The SMILES string of the molecule is C=C(/C(P)=C\C=C/C)C1NC(CN2CCCCC2)=C(C)O1. The van der Waals surface area contributed by atoms with E-state index in [9.17, 15) is 0 Å². The number of rotatable bonds is 5. The summed E-state index contributed by atoms with van der Waals surface area (Å²) >= 11 is 0. The number of nitrogens with zero attached hydrogens (tertiary/aromatic N) is 1. The van der Waals surface area contributed by atoms with Gasteiger partial charge in [-0.2, -0.15) is 0 Å². The number of hydrogen-bond acceptors (Lipinski definition) is 3. The van der Waals surface area contributed by atoms with Crippen molar-refractivity contribution in [3.63, 3.8) is 0 Å². The molecule has 0 radical (unpaired) electrons. The Hall–Kier alpha value is -1.05. The maximum absolute atomic E-state index is 5.94. The Kier molecular flexibility index (Phi) is 6.08. The van der Waals surface area contributed by atoms with Crippen LogP contribution in [0.3, 0.4) is 0 Å². The van der Waals surface area contributed by atoms with E-state index in [1.165, 1.54) is 38.0 Å². The molecule has 2 unspecified atom stereocenters. The highest BCUT2D eigenvalue weighted by molar-refractivity contribution is 7.23. The van der Waals surface area contributed by atoms with Gasteiger partial charge in [-0.3, -0.25) is 4.90 Å². The maximum Gasteiger partial charge on any atom is 0.195 e. The molecule has 4 heteroatoms. The summed E-state index contributed by atoms with van der Waals surface area (Å²) in [6.07, 6.45) is 9.90. The lowest BCUT2D eigenvalue weighted by atomic mass is 10.1. The zero-order valence-electron chi connectivity index (χ0n) is 13.2. The second-order valence-electron chi connectivity index (χ2n) is 5.69. The summed E-state index contributed by atoms with van der Waals surface area (Å²) in [5.41, 5.74) is 2.16. The maximum atomic E-state index is 5.94. The molecule has 2 atom stereocenters. The highest BCUT2D eigenvalue weighted by Gasteiger charge is 2.26. The van der Waals surface area contributed by atoms with Crippen molar-refractivity contribution in [2.24, 2.45) is 0 Å². The number of hydrogen-bond donors (Lipinski definition) is 1. The molecular weight excluding hydrogens is 279 g/mol. The summed E-state index contributed by atoms with van der Waals surface area (Å²) in [6.45, 7) is 11.5. The second kappa shape index (κ2) is 7.82. The molecule has 0 amide bonds. The van der Waals surface area contributed by atoms with Crippen LogP contribution in [0.25, 0.3) is 0 Å². The Balaban J connectivity index is 1.92. The normalized spacial score (nSPS) is 24.3. The van der Waals surface area contributed by atoms with Crippen molar-refractivity contribution in [3.8, 4) is 0 Å². The summed E-state index contributed by atoms with van der Waals surface area (Å²) in [7, 11) is 2.73. The first-order chi connectivity index (χ1) is 10.1. The highest BCUT2D eigenvalue weighted by atomic mass is 31.0. The van der Waals surface area contributed by atoms with E-state index in [4.69, 9.17) is 4.74 Å². The van der Waals surface area contributed by atoms with E-state index >= 15 is 0 Å². The predicted molar refractivity (Wildman–Crippen MR) is 92.7 cm³/mol.